The summed E-state index contributed by atoms with van der Waals surface area (Å²) >= 11 is 0. The summed E-state index contributed by atoms with van der Waals surface area (Å²) in [5, 5.41) is 3.22. The van der Waals surface area contributed by atoms with Crippen LogP contribution in [0.4, 0.5) is 13.6 Å². The average Bonchev–Trinajstić information content (AvgIpc) is 2.68. The molecular weight excluding hydrogens is 398 g/mol. The fourth-order valence-corrected chi connectivity index (χ4v) is 2.62. The van der Waals surface area contributed by atoms with E-state index in [4.69, 9.17) is 5.73 Å². The molecule has 0 aromatic heterocycles. The standard InChI is InChI=1S/C18H21F2N.C5H11NO2.C2H6/c1-15-7-5-8-16(13-15)14-21-12-6-11-18(19,20)17-9-3-2-4-10-17;1-5(2,3)8-4(6)7;1-2/h2-5,7-10,13,21H,6,11-12,14H2,1H3;1-3H3,(H2,6,7);1-2H3. The van der Waals surface area contributed by atoms with Crippen LogP contribution in [0.1, 0.15) is 64.2 Å². The van der Waals surface area contributed by atoms with Crippen molar-refractivity contribution in [3.63, 3.8) is 0 Å². The molecule has 2 aromatic carbocycles. The van der Waals surface area contributed by atoms with Crippen molar-refractivity contribution < 1.29 is 18.3 Å². The summed E-state index contributed by atoms with van der Waals surface area (Å²) in [5.74, 6) is -2.74. The topological polar surface area (TPSA) is 64.3 Å². The molecule has 3 N–H and O–H groups in total. The molecule has 31 heavy (non-hydrogen) atoms. The molecule has 4 nitrogen and oxygen atoms in total. The van der Waals surface area contributed by atoms with E-state index in [1.165, 1.54) is 23.3 Å². The number of halogens is 2. The number of nitrogens with one attached hydrogen (secondary N) is 1. The smallest absolute Gasteiger partial charge is 0.405 e. The molecule has 0 fully saturated rings. The van der Waals surface area contributed by atoms with Crippen LogP contribution in [-0.4, -0.2) is 18.2 Å². The van der Waals surface area contributed by atoms with E-state index >= 15 is 0 Å². The number of alkyl halides is 2. The van der Waals surface area contributed by atoms with Crippen molar-refractivity contribution in [3.8, 4) is 0 Å². The highest BCUT2D eigenvalue weighted by atomic mass is 19.3. The molecule has 0 saturated heterocycles. The minimum atomic E-state index is -2.74. The van der Waals surface area contributed by atoms with E-state index in [1.54, 1.807) is 39.0 Å². The van der Waals surface area contributed by atoms with Gasteiger partial charge in [0.1, 0.15) is 5.60 Å². The van der Waals surface area contributed by atoms with Crippen LogP contribution >= 0.6 is 0 Å². The van der Waals surface area contributed by atoms with Crippen LogP contribution in [0.25, 0.3) is 0 Å². The Balaban J connectivity index is 0.000000762. The van der Waals surface area contributed by atoms with Crippen molar-refractivity contribution in [2.24, 2.45) is 5.73 Å². The number of rotatable bonds is 7. The van der Waals surface area contributed by atoms with E-state index in [-0.39, 0.29) is 12.0 Å². The second-order valence-corrected chi connectivity index (χ2v) is 7.87. The summed E-state index contributed by atoms with van der Waals surface area (Å²) in [6, 6.07) is 16.2. The van der Waals surface area contributed by atoms with Gasteiger partial charge in [0, 0.05) is 18.5 Å². The Bertz CT molecular complexity index is 745. The quantitative estimate of drug-likeness (QED) is 0.483. The van der Waals surface area contributed by atoms with E-state index in [9.17, 15) is 13.6 Å². The number of hydrogen-bond acceptors (Lipinski definition) is 3. The fraction of sp³-hybridized carbons (Fsp3) is 0.480. The molecule has 0 saturated carbocycles. The van der Waals surface area contributed by atoms with Crippen molar-refractivity contribution in [1.29, 1.82) is 0 Å². The van der Waals surface area contributed by atoms with Gasteiger partial charge in [-0.3, -0.25) is 0 Å². The lowest BCUT2D eigenvalue weighted by molar-refractivity contribution is -0.0151. The summed E-state index contributed by atoms with van der Waals surface area (Å²) in [5.41, 5.74) is 6.76. The highest BCUT2D eigenvalue weighted by Crippen LogP contribution is 2.32. The van der Waals surface area contributed by atoms with E-state index in [0.717, 1.165) is 6.54 Å². The number of carbonyl (C=O) groups excluding carboxylic acids is 1. The summed E-state index contributed by atoms with van der Waals surface area (Å²) in [6.07, 6.45) is -0.400. The van der Waals surface area contributed by atoms with Crippen molar-refractivity contribution in [2.45, 2.75) is 72.5 Å². The SMILES string of the molecule is CC.CC(C)(C)OC(N)=O.Cc1cccc(CNCCCC(F)(F)c2ccccc2)c1. The number of benzene rings is 2. The average molecular weight is 437 g/mol. The van der Waals surface area contributed by atoms with E-state index in [0.29, 0.717) is 13.0 Å². The molecule has 0 heterocycles. The Labute approximate surface area is 186 Å². The molecule has 0 radical (unpaired) electrons. The molecule has 0 aliphatic heterocycles. The fourth-order valence-electron chi connectivity index (χ4n) is 2.62. The van der Waals surface area contributed by atoms with Crippen molar-refractivity contribution in [2.75, 3.05) is 6.54 Å². The molecule has 0 spiro atoms. The number of nitrogens with two attached hydrogens (primary N) is 1. The minimum Gasteiger partial charge on any atom is -0.444 e. The zero-order chi connectivity index (χ0) is 23.9. The first-order valence-electron chi connectivity index (χ1n) is 10.7. The van der Waals surface area contributed by atoms with Gasteiger partial charge >= 0.3 is 6.09 Å². The van der Waals surface area contributed by atoms with Crippen LogP contribution in [0.15, 0.2) is 54.6 Å². The van der Waals surface area contributed by atoms with Gasteiger partial charge in [-0.15, -0.1) is 0 Å². The third-order valence-corrected chi connectivity index (χ3v) is 3.86. The second-order valence-electron chi connectivity index (χ2n) is 7.87. The summed E-state index contributed by atoms with van der Waals surface area (Å²) < 4.78 is 32.4. The van der Waals surface area contributed by atoms with E-state index < -0.39 is 17.6 Å². The summed E-state index contributed by atoms with van der Waals surface area (Å²) in [4.78, 5) is 10.0. The maximum Gasteiger partial charge on any atom is 0.405 e. The number of primary amides is 1. The van der Waals surface area contributed by atoms with Gasteiger partial charge in [0.15, 0.2) is 0 Å². The van der Waals surface area contributed by atoms with E-state index in [2.05, 4.69) is 16.1 Å². The van der Waals surface area contributed by atoms with Crippen LogP contribution in [0.2, 0.25) is 0 Å². The molecule has 0 unspecified atom stereocenters. The summed E-state index contributed by atoms with van der Waals surface area (Å²) in [7, 11) is 0. The molecule has 0 bridgehead atoms. The summed E-state index contributed by atoms with van der Waals surface area (Å²) in [6.45, 7) is 12.6. The van der Waals surface area contributed by atoms with Crippen LogP contribution in [0.3, 0.4) is 0 Å². The normalized spacial score (nSPS) is 10.8. The van der Waals surface area contributed by atoms with Gasteiger partial charge in [-0.1, -0.05) is 74.0 Å². The number of aryl methyl sites for hydroxylation is 1. The number of hydrogen-bond donors (Lipinski definition) is 2. The molecule has 0 aliphatic rings. The Hall–Kier alpha value is -2.47. The number of carbonyl (C=O) groups is 1. The van der Waals surface area contributed by atoms with Crippen molar-refractivity contribution in [1.82, 2.24) is 5.32 Å². The third-order valence-electron chi connectivity index (χ3n) is 3.86. The maximum absolute atomic E-state index is 13.9. The van der Waals surface area contributed by atoms with Gasteiger partial charge in [-0.25, -0.2) is 13.6 Å². The zero-order valence-corrected chi connectivity index (χ0v) is 19.7. The number of ether oxygens (including phenoxy) is 1. The molecule has 6 heteroatoms. The predicted octanol–water partition coefficient (Wildman–Crippen LogP) is 6.56. The van der Waals surface area contributed by atoms with Gasteiger partial charge in [0.05, 0.1) is 0 Å². The highest BCUT2D eigenvalue weighted by molar-refractivity contribution is 5.65. The van der Waals surface area contributed by atoms with E-state index in [1.807, 2.05) is 39.0 Å². The van der Waals surface area contributed by atoms with Gasteiger partial charge < -0.3 is 15.8 Å². The lowest BCUT2D eigenvalue weighted by Crippen LogP contribution is -2.27. The Morgan fingerprint density at radius 3 is 2.13 bits per heavy atom. The predicted molar refractivity (Wildman–Crippen MR) is 124 cm³/mol. The van der Waals surface area contributed by atoms with Crippen LogP contribution in [-0.2, 0) is 17.2 Å². The molecule has 2 aromatic rings. The molecule has 174 valence electrons. The van der Waals surface area contributed by atoms with Gasteiger partial charge in [-0.05, 0) is 46.2 Å². The molecule has 2 rings (SSSR count). The second kappa shape index (κ2) is 14.5. The van der Waals surface area contributed by atoms with Crippen molar-refractivity contribution in [3.05, 3.63) is 71.3 Å². The lowest BCUT2D eigenvalue weighted by Gasteiger charge is -2.16. The van der Waals surface area contributed by atoms with Crippen LogP contribution in [0.5, 0.6) is 0 Å². The zero-order valence-electron chi connectivity index (χ0n) is 19.7. The van der Waals surface area contributed by atoms with Crippen LogP contribution in [0, 0.1) is 6.92 Å². The van der Waals surface area contributed by atoms with Gasteiger partial charge in [0.25, 0.3) is 5.92 Å². The van der Waals surface area contributed by atoms with Gasteiger partial charge in [0.2, 0.25) is 0 Å². The molecule has 0 aliphatic carbocycles. The minimum absolute atomic E-state index is 0.101. The first kappa shape index (κ1) is 28.5. The lowest BCUT2D eigenvalue weighted by atomic mass is 10.0. The Kier molecular flexibility index (Phi) is 13.4. The molecule has 1 amide bonds. The highest BCUT2D eigenvalue weighted by Gasteiger charge is 2.30. The first-order chi connectivity index (χ1) is 14.5. The monoisotopic (exact) mass is 436 g/mol. The van der Waals surface area contributed by atoms with Gasteiger partial charge in [-0.2, -0.15) is 0 Å². The third kappa shape index (κ3) is 14.2. The molecular formula is C25H38F2N2O2. The Morgan fingerprint density at radius 2 is 1.65 bits per heavy atom. The number of amides is 1. The van der Waals surface area contributed by atoms with Crippen molar-refractivity contribution >= 4 is 6.09 Å². The largest absolute Gasteiger partial charge is 0.444 e. The molecule has 0 atom stereocenters. The first-order valence-corrected chi connectivity index (χ1v) is 10.7. The maximum atomic E-state index is 13.9. The Morgan fingerprint density at radius 1 is 1.03 bits per heavy atom. The van der Waals surface area contributed by atoms with Crippen LogP contribution < -0.4 is 11.1 Å².